The Morgan fingerprint density at radius 1 is 1.24 bits per heavy atom. The van der Waals surface area contributed by atoms with Crippen LogP contribution in [0.4, 0.5) is 4.79 Å². The molecule has 1 fully saturated rings. The average Bonchev–Trinajstić information content (AvgIpc) is 3.12. The van der Waals surface area contributed by atoms with Gasteiger partial charge in [-0.2, -0.15) is 0 Å². The van der Waals surface area contributed by atoms with Crippen LogP contribution in [0.5, 0.6) is 0 Å². The number of hydrogen-bond donors (Lipinski definition) is 2. The molecule has 0 unspecified atom stereocenters. The number of carbonyl (C=O) groups excluding carboxylic acids is 2. The van der Waals surface area contributed by atoms with E-state index in [0.29, 0.717) is 17.6 Å². The summed E-state index contributed by atoms with van der Waals surface area (Å²) in [5.74, 6) is 0.883. The fourth-order valence-corrected chi connectivity index (χ4v) is 4.27. The summed E-state index contributed by atoms with van der Waals surface area (Å²) in [4.78, 5) is 24.4. The number of urea groups is 1. The first kappa shape index (κ1) is 21.1. The van der Waals surface area contributed by atoms with Gasteiger partial charge in [0.05, 0.1) is 5.75 Å². The number of allylic oxidation sites excluding steroid dienone is 1. The lowest BCUT2D eigenvalue weighted by Gasteiger charge is -2.29. The summed E-state index contributed by atoms with van der Waals surface area (Å²) >= 11 is 1.25. The van der Waals surface area contributed by atoms with Crippen molar-refractivity contribution in [2.45, 2.75) is 50.4 Å². The molecule has 3 amide bonds. The highest BCUT2D eigenvalue weighted by atomic mass is 32.2. The zero-order valence-electron chi connectivity index (χ0n) is 16.6. The molecule has 1 aromatic carbocycles. The summed E-state index contributed by atoms with van der Waals surface area (Å²) in [5.41, 5.74) is 0.944. The minimum absolute atomic E-state index is 0.0811. The first-order chi connectivity index (χ1) is 14.1. The first-order valence-corrected chi connectivity index (χ1v) is 10.9. The fraction of sp³-hybridized carbons (Fsp3) is 0.429. The smallest absolute Gasteiger partial charge is 0.321 e. The third kappa shape index (κ3) is 5.69. The summed E-state index contributed by atoms with van der Waals surface area (Å²) in [6, 6.07) is 9.45. The van der Waals surface area contributed by atoms with Crippen LogP contribution in [0.3, 0.4) is 0 Å². The molecule has 8 heteroatoms. The number of nitrogens with one attached hydrogen (secondary N) is 2. The number of rotatable bonds is 7. The lowest BCUT2D eigenvalue weighted by Crippen LogP contribution is -2.48. The van der Waals surface area contributed by atoms with Gasteiger partial charge >= 0.3 is 6.03 Å². The van der Waals surface area contributed by atoms with Crippen molar-refractivity contribution in [2.75, 3.05) is 5.75 Å². The van der Waals surface area contributed by atoms with Gasteiger partial charge in [-0.1, -0.05) is 67.9 Å². The Hall–Kier alpha value is -2.61. The Labute approximate surface area is 175 Å². The van der Waals surface area contributed by atoms with E-state index in [-0.39, 0.29) is 17.7 Å². The molecule has 2 atom stereocenters. The molecule has 1 aliphatic carbocycles. The van der Waals surface area contributed by atoms with E-state index in [1.165, 1.54) is 18.2 Å². The van der Waals surface area contributed by atoms with Gasteiger partial charge in [0.15, 0.2) is 11.0 Å². The minimum Gasteiger partial charge on any atom is -0.335 e. The predicted molar refractivity (Wildman–Crippen MR) is 114 cm³/mol. The maximum Gasteiger partial charge on any atom is 0.321 e. The van der Waals surface area contributed by atoms with E-state index in [4.69, 9.17) is 0 Å². The molecule has 0 spiro atoms. The molecule has 154 valence electrons. The zero-order chi connectivity index (χ0) is 20.6. The van der Waals surface area contributed by atoms with E-state index in [9.17, 15) is 9.59 Å². The van der Waals surface area contributed by atoms with Crippen molar-refractivity contribution in [3.05, 3.63) is 43.0 Å². The van der Waals surface area contributed by atoms with Crippen molar-refractivity contribution < 1.29 is 9.59 Å². The van der Waals surface area contributed by atoms with Crippen LogP contribution in [0.2, 0.25) is 0 Å². The zero-order valence-corrected chi connectivity index (χ0v) is 17.5. The van der Waals surface area contributed by atoms with Gasteiger partial charge in [-0.25, -0.2) is 4.79 Å². The SMILES string of the molecule is C=CCn1c(SCC(=O)NC(=O)N[C@H]2CCCC[C@H]2C)nnc1-c1ccccc1. The molecule has 0 bridgehead atoms. The Balaban J connectivity index is 1.56. The molecule has 0 radical (unpaired) electrons. The van der Waals surface area contributed by atoms with E-state index in [0.717, 1.165) is 30.7 Å². The lowest BCUT2D eigenvalue weighted by molar-refractivity contribution is -0.117. The van der Waals surface area contributed by atoms with Gasteiger partial charge in [-0.3, -0.25) is 14.7 Å². The van der Waals surface area contributed by atoms with E-state index >= 15 is 0 Å². The predicted octanol–water partition coefficient (Wildman–Crippen LogP) is 3.63. The Kier molecular flexibility index (Phi) is 7.46. The number of benzene rings is 1. The number of amides is 3. The second-order valence-electron chi connectivity index (χ2n) is 7.25. The summed E-state index contributed by atoms with van der Waals surface area (Å²) in [6.45, 7) is 6.46. The molecular formula is C21H27N5O2S. The van der Waals surface area contributed by atoms with Gasteiger partial charge in [-0.15, -0.1) is 16.8 Å². The van der Waals surface area contributed by atoms with Gasteiger partial charge in [0.25, 0.3) is 0 Å². The van der Waals surface area contributed by atoms with Crippen LogP contribution >= 0.6 is 11.8 Å². The number of carbonyl (C=O) groups is 2. The van der Waals surface area contributed by atoms with Crippen LogP contribution < -0.4 is 10.6 Å². The molecule has 1 aromatic heterocycles. The maximum atomic E-state index is 12.2. The number of thioether (sulfide) groups is 1. The standard InChI is InChI=1S/C21H27N5O2S/c1-3-13-26-19(16-10-5-4-6-11-16)24-25-21(26)29-14-18(27)23-20(28)22-17-12-8-7-9-15(17)2/h3-6,10-11,15,17H,1,7-9,12-14H2,2H3,(H2,22,23,27,28)/t15-,17+/m1/s1. The second-order valence-corrected chi connectivity index (χ2v) is 8.19. The molecule has 0 aliphatic heterocycles. The Morgan fingerprint density at radius 2 is 2.00 bits per heavy atom. The van der Waals surface area contributed by atoms with E-state index in [1.807, 2.05) is 34.9 Å². The highest BCUT2D eigenvalue weighted by molar-refractivity contribution is 7.99. The van der Waals surface area contributed by atoms with Crippen LogP contribution in [0.25, 0.3) is 11.4 Å². The third-order valence-corrected chi connectivity index (χ3v) is 6.04. The number of imide groups is 1. The summed E-state index contributed by atoms with van der Waals surface area (Å²) in [6.07, 6.45) is 6.15. The molecule has 29 heavy (non-hydrogen) atoms. The lowest BCUT2D eigenvalue weighted by atomic mass is 9.86. The van der Waals surface area contributed by atoms with Crippen molar-refractivity contribution >= 4 is 23.7 Å². The normalized spacial score (nSPS) is 18.8. The molecule has 1 saturated carbocycles. The van der Waals surface area contributed by atoms with Crippen LogP contribution in [-0.2, 0) is 11.3 Å². The molecule has 2 aromatic rings. The number of hydrogen-bond acceptors (Lipinski definition) is 5. The largest absolute Gasteiger partial charge is 0.335 e. The van der Waals surface area contributed by atoms with Gasteiger partial charge in [0.2, 0.25) is 5.91 Å². The highest BCUT2D eigenvalue weighted by Gasteiger charge is 2.23. The monoisotopic (exact) mass is 413 g/mol. The van der Waals surface area contributed by atoms with Crippen LogP contribution in [0.1, 0.15) is 32.6 Å². The third-order valence-electron chi connectivity index (χ3n) is 5.07. The molecule has 3 rings (SSSR count). The summed E-state index contributed by atoms with van der Waals surface area (Å²) < 4.78 is 1.91. The first-order valence-electron chi connectivity index (χ1n) is 9.91. The van der Waals surface area contributed by atoms with Crippen molar-refractivity contribution in [1.82, 2.24) is 25.4 Å². The van der Waals surface area contributed by atoms with E-state index in [2.05, 4.69) is 34.3 Å². The molecule has 7 nitrogen and oxygen atoms in total. The average molecular weight is 414 g/mol. The summed E-state index contributed by atoms with van der Waals surface area (Å²) in [7, 11) is 0. The quantitative estimate of drug-likeness (QED) is 0.534. The highest BCUT2D eigenvalue weighted by Crippen LogP contribution is 2.24. The van der Waals surface area contributed by atoms with Gasteiger partial charge in [0, 0.05) is 18.2 Å². The molecule has 2 N–H and O–H groups in total. The Bertz CT molecular complexity index is 852. The fourth-order valence-electron chi connectivity index (χ4n) is 3.52. The molecule has 1 aliphatic rings. The molecular weight excluding hydrogens is 386 g/mol. The van der Waals surface area contributed by atoms with Crippen LogP contribution in [0, 0.1) is 5.92 Å². The van der Waals surface area contributed by atoms with Crippen molar-refractivity contribution in [3.8, 4) is 11.4 Å². The van der Waals surface area contributed by atoms with Gasteiger partial charge < -0.3 is 5.32 Å². The van der Waals surface area contributed by atoms with E-state index in [1.54, 1.807) is 6.08 Å². The molecule has 0 saturated heterocycles. The summed E-state index contributed by atoms with van der Waals surface area (Å²) in [5, 5.41) is 14.4. The van der Waals surface area contributed by atoms with Crippen LogP contribution in [0.15, 0.2) is 48.1 Å². The topological polar surface area (TPSA) is 88.9 Å². The maximum absolute atomic E-state index is 12.2. The van der Waals surface area contributed by atoms with Crippen LogP contribution in [-0.4, -0.2) is 38.5 Å². The Morgan fingerprint density at radius 3 is 2.72 bits per heavy atom. The van der Waals surface area contributed by atoms with Gasteiger partial charge in [-0.05, 0) is 18.8 Å². The second kappa shape index (κ2) is 10.2. The van der Waals surface area contributed by atoms with Gasteiger partial charge in [0.1, 0.15) is 0 Å². The number of nitrogens with zero attached hydrogens (tertiary/aromatic N) is 3. The minimum atomic E-state index is -0.424. The van der Waals surface area contributed by atoms with Crippen molar-refractivity contribution in [3.63, 3.8) is 0 Å². The molecule has 1 heterocycles. The van der Waals surface area contributed by atoms with Crippen molar-refractivity contribution in [2.24, 2.45) is 5.92 Å². The number of aromatic nitrogens is 3. The van der Waals surface area contributed by atoms with E-state index < -0.39 is 6.03 Å². The van der Waals surface area contributed by atoms with Crippen molar-refractivity contribution in [1.29, 1.82) is 0 Å².